The number of carbonyl (C=O) groups excluding carboxylic acids is 1. The zero-order valence-electron chi connectivity index (χ0n) is 9.29. The van der Waals surface area contributed by atoms with Gasteiger partial charge in [0.05, 0.1) is 12.0 Å². The highest BCUT2D eigenvalue weighted by atomic mass is 32.1. The fraction of sp³-hybridized carbons (Fsp3) is 0.0833. The summed E-state index contributed by atoms with van der Waals surface area (Å²) < 4.78 is 0. The summed E-state index contributed by atoms with van der Waals surface area (Å²) in [6, 6.07) is 4.75. The minimum atomic E-state index is -1.04. The van der Waals surface area contributed by atoms with Gasteiger partial charge in [-0.2, -0.15) is 11.3 Å². The molecule has 6 heteroatoms. The summed E-state index contributed by atoms with van der Waals surface area (Å²) in [6.45, 7) is 0. The van der Waals surface area contributed by atoms with Crippen molar-refractivity contribution in [1.29, 1.82) is 0 Å². The second-order valence-corrected chi connectivity index (χ2v) is 4.37. The number of hydrogen-bond donors (Lipinski definition) is 2. The first-order valence-corrected chi connectivity index (χ1v) is 6.10. The minimum Gasteiger partial charge on any atom is -0.478 e. The van der Waals surface area contributed by atoms with Gasteiger partial charge in [0.1, 0.15) is 5.82 Å². The van der Waals surface area contributed by atoms with E-state index in [9.17, 15) is 9.59 Å². The van der Waals surface area contributed by atoms with Crippen molar-refractivity contribution >= 4 is 29.0 Å². The first-order valence-electron chi connectivity index (χ1n) is 5.15. The molecule has 0 aliphatic carbocycles. The van der Waals surface area contributed by atoms with Crippen molar-refractivity contribution in [2.24, 2.45) is 0 Å². The van der Waals surface area contributed by atoms with Gasteiger partial charge in [-0.05, 0) is 34.5 Å². The van der Waals surface area contributed by atoms with Crippen LogP contribution in [0.5, 0.6) is 0 Å². The van der Waals surface area contributed by atoms with Crippen LogP contribution in [0.15, 0.2) is 35.2 Å². The Hall–Kier alpha value is -2.21. The number of carboxylic acid groups (broad SMARTS) is 1. The molecule has 2 N–H and O–H groups in total. The summed E-state index contributed by atoms with van der Waals surface area (Å²) in [5, 5.41) is 15.1. The minimum absolute atomic E-state index is 0.0887. The molecule has 0 bridgehead atoms. The maximum absolute atomic E-state index is 11.6. The number of anilines is 1. The van der Waals surface area contributed by atoms with Gasteiger partial charge in [0.2, 0.25) is 5.91 Å². The lowest BCUT2D eigenvalue weighted by molar-refractivity contribution is -0.115. The Kier molecular flexibility index (Phi) is 3.69. The van der Waals surface area contributed by atoms with Gasteiger partial charge in [-0.1, -0.05) is 0 Å². The lowest BCUT2D eigenvalue weighted by atomic mass is 10.2. The molecule has 92 valence electrons. The molecule has 0 aliphatic rings. The summed E-state index contributed by atoms with van der Waals surface area (Å²) in [4.78, 5) is 26.1. The Balaban J connectivity index is 1.97. The smallest absolute Gasteiger partial charge is 0.337 e. The van der Waals surface area contributed by atoms with Gasteiger partial charge in [-0.3, -0.25) is 4.79 Å². The van der Waals surface area contributed by atoms with Crippen LogP contribution in [0.2, 0.25) is 0 Å². The highest BCUT2D eigenvalue weighted by Gasteiger charge is 2.07. The average Bonchev–Trinajstić information content (AvgIpc) is 2.82. The first kappa shape index (κ1) is 12.3. The normalized spacial score (nSPS) is 10.0. The third-order valence-corrected chi connectivity index (χ3v) is 2.95. The van der Waals surface area contributed by atoms with Crippen LogP contribution in [-0.4, -0.2) is 22.0 Å². The van der Waals surface area contributed by atoms with Crippen molar-refractivity contribution in [2.75, 3.05) is 5.32 Å². The number of rotatable bonds is 4. The second kappa shape index (κ2) is 5.42. The molecule has 2 rings (SSSR count). The van der Waals surface area contributed by atoms with Gasteiger partial charge in [-0.25, -0.2) is 9.78 Å². The number of thiophene rings is 1. The predicted octanol–water partition coefficient (Wildman–Crippen LogP) is 2.02. The Morgan fingerprint density at radius 2 is 2.17 bits per heavy atom. The van der Waals surface area contributed by atoms with Crippen molar-refractivity contribution < 1.29 is 14.7 Å². The van der Waals surface area contributed by atoms with E-state index >= 15 is 0 Å². The van der Waals surface area contributed by atoms with Crippen LogP contribution in [0, 0.1) is 0 Å². The molecule has 2 heterocycles. The van der Waals surface area contributed by atoms with Gasteiger partial charge in [0.15, 0.2) is 0 Å². The molecule has 0 aromatic carbocycles. The number of aromatic nitrogens is 1. The molecule has 0 fully saturated rings. The van der Waals surface area contributed by atoms with Crippen LogP contribution in [0.3, 0.4) is 0 Å². The molecular formula is C12H10N2O3S. The number of amides is 1. The highest BCUT2D eigenvalue weighted by Crippen LogP contribution is 2.09. The van der Waals surface area contributed by atoms with Crippen LogP contribution >= 0.6 is 11.3 Å². The number of aromatic carboxylic acids is 1. The van der Waals surface area contributed by atoms with E-state index in [1.807, 2.05) is 16.8 Å². The van der Waals surface area contributed by atoms with Crippen LogP contribution in [0.4, 0.5) is 5.82 Å². The van der Waals surface area contributed by atoms with E-state index in [1.54, 1.807) is 0 Å². The fourth-order valence-corrected chi connectivity index (χ4v) is 2.03. The summed E-state index contributed by atoms with van der Waals surface area (Å²) in [5.41, 5.74) is 1.03. The van der Waals surface area contributed by atoms with Gasteiger partial charge in [0, 0.05) is 6.20 Å². The molecule has 0 saturated carbocycles. The maximum Gasteiger partial charge on any atom is 0.337 e. The largest absolute Gasteiger partial charge is 0.478 e. The molecule has 0 saturated heterocycles. The Morgan fingerprint density at radius 3 is 2.72 bits per heavy atom. The third kappa shape index (κ3) is 3.14. The van der Waals surface area contributed by atoms with Crippen molar-refractivity contribution in [3.8, 4) is 0 Å². The van der Waals surface area contributed by atoms with E-state index in [4.69, 9.17) is 5.11 Å². The SMILES string of the molecule is O=C(Cc1ccsc1)Nc1ccc(C(=O)O)cn1. The summed E-state index contributed by atoms with van der Waals surface area (Å²) in [7, 11) is 0. The number of carboxylic acids is 1. The number of nitrogens with one attached hydrogen (secondary N) is 1. The Bertz CT molecular complexity index is 549. The van der Waals surface area contributed by atoms with E-state index in [1.165, 1.54) is 29.7 Å². The molecule has 18 heavy (non-hydrogen) atoms. The highest BCUT2D eigenvalue weighted by molar-refractivity contribution is 7.08. The predicted molar refractivity (Wildman–Crippen MR) is 67.8 cm³/mol. The third-order valence-electron chi connectivity index (χ3n) is 2.22. The molecule has 0 unspecified atom stereocenters. The molecule has 5 nitrogen and oxygen atoms in total. The van der Waals surface area contributed by atoms with Crippen LogP contribution < -0.4 is 5.32 Å². The Morgan fingerprint density at radius 1 is 1.33 bits per heavy atom. The topological polar surface area (TPSA) is 79.3 Å². The van der Waals surface area contributed by atoms with Crippen molar-refractivity contribution in [2.45, 2.75) is 6.42 Å². The van der Waals surface area contributed by atoms with Crippen LogP contribution in [-0.2, 0) is 11.2 Å². The van der Waals surface area contributed by atoms with Gasteiger partial charge < -0.3 is 10.4 Å². The molecule has 0 spiro atoms. The molecule has 2 aromatic heterocycles. The molecule has 0 aliphatic heterocycles. The van der Waals surface area contributed by atoms with E-state index in [0.717, 1.165) is 5.56 Å². The van der Waals surface area contributed by atoms with E-state index < -0.39 is 5.97 Å². The molecule has 1 amide bonds. The van der Waals surface area contributed by atoms with E-state index in [-0.39, 0.29) is 17.9 Å². The molecule has 0 radical (unpaired) electrons. The zero-order valence-corrected chi connectivity index (χ0v) is 10.1. The lowest BCUT2D eigenvalue weighted by Crippen LogP contribution is -2.15. The van der Waals surface area contributed by atoms with E-state index in [0.29, 0.717) is 5.82 Å². The van der Waals surface area contributed by atoms with Gasteiger partial charge in [0.25, 0.3) is 0 Å². The van der Waals surface area contributed by atoms with Crippen molar-refractivity contribution in [1.82, 2.24) is 4.98 Å². The number of carbonyl (C=O) groups is 2. The summed E-state index contributed by atoms with van der Waals surface area (Å²) in [6.07, 6.45) is 1.49. The van der Waals surface area contributed by atoms with Crippen LogP contribution in [0.1, 0.15) is 15.9 Å². The quantitative estimate of drug-likeness (QED) is 0.883. The summed E-state index contributed by atoms with van der Waals surface area (Å²) in [5.74, 6) is -0.872. The number of pyridine rings is 1. The number of nitrogens with zero attached hydrogens (tertiary/aromatic N) is 1. The summed E-state index contributed by atoms with van der Waals surface area (Å²) >= 11 is 1.53. The molecular weight excluding hydrogens is 252 g/mol. The van der Waals surface area contributed by atoms with Gasteiger partial charge in [-0.15, -0.1) is 0 Å². The zero-order chi connectivity index (χ0) is 13.0. The monoisotopic (exact) mass is 262 g/mol. The van der Waals surface area contributed by atoms with Crippen molar-refractivity contribution in [3.63, 3.8) is 0 Å². The Labute approximate surface area is 107 Å². The standard InChI is InChI=1S/C12H10N2O3S/c15-11(5-8-3-4-18-7-8)14-10-2-1-9(6-13-10)12(16)17/h1-4,6-7H,5H2,(H,16,17)(H,13,14,15). The maximum atomic E-state index is 11.6. The fourth-order valence-electron chi connectivity index (χ4n) is 1.36. The molecule has 2 aromatic rings. The second-order valence-electron chi connectivity index (χ2n) is 3.59. The number of hydrogen-bond acceptors (Lipinski definition) is 4. The average molecular weight is 262 g/mol. The van der Waals surface area contributed by atoms with E-state index in [2.05, 4.69) is 10.3 Å². The first-order chi connectivity index (χ1) is 8.65. The lowest BCUT2D eigenvalue weighted by Gasteiger charge is -2.03. The molecule has 0 atom stereocenters. The van der Waals surface area contributed by atoms with Crippen LogP contribution in [0.25, 0.3) is 0 Å². The van der Waals surface area contributed by atoms with Crippen molar-refractivity contribution in [3.05, 3.63) is 46.3 Å². The van der Waals surface area contributed by atoms with Gasteiger partial charge >= 0.3 is 5.97 Å².